The molecule has 4 rings (SSSR count). The van der Waals surface area contributed by atoms with Gasteiger partial charge in [0.15, 0.2) is 11.6 Å². The van der Waals surface area contributed by atoms with Gasteiger partial charge in [0.05, 0.1) is 11.8 Å². The van der Waals surface area contributed by atoms with E-state index in [1.165, 1.54) is 0 Å². The number of rotatable bonds is 3. The summed E-state index contributed by atoms with van der Waals surface area (Å²) < 4.78 is 43.3. The number of aromatic nitrogens is 2. The first-order valence-corrected chi connectivity index (χ1v) is 12.1. The van der Waals surface area contributed by atoms with Gasteiger partial charge in [-0.15, -0.1) is 0 Å². The molecule has 1 aromatic carbocycles. The molecule has 8 nitrogen and oxygen atoms in total. The number of carbonyl (C=O) groups is 2. The molecule has 2 atom stereocenters. The lowest BCUT2D eigenvalue weighted by molar-refractivity contribution is -0.138. The molecule has 2 amide bonds. The Kier molecular flexibility index (Phi) is 7.16. The van der Waals surface area contributed by atoms with Gasteiger partial charge < -0.3 is 20.2 Å². The van der Waals surface area contributed by atoms with Crippen LogP contribution in [0.15, 0.2) is 12.1 Å². The highest BCUT2D eigenvalue weighted by Gasteiger charge is 2.38. The number of aliphatic hydroxyl groups is 1. The number of likely N-dealkylation sites (N-methyl/N-ethyl adjacent to an activating group) is 1. The van der Waals surface area contributed by atoms with E-state index in [2.05, 4.69) is 10.4 Å². The summed E-state index contributed by atoms with van der Waals surface area (Å²) in [5.74, 6) is -3.82. The van der Waals surface area contributed by atoms with Crippen LogP contribution in [0.25, 0.3) is 11.3 Å². The second kappa shape index (κ2) is 9.85. The Morgan fingerprint density at radius 1 is 1.14 bits per heavy atom. The third-order valence-electron chi connectivity index (χ3n) is 6.79. The number of piperidine rings is 1. The standard InChI is InChI=1S/C25H32F3N5O3/c1-25(2,3)22(23(35)32-8-5-6-14(34)12-32)29-24(36)33-20-7-9-31(4)13-16(20)21(30-33)15-10-18(27)19(28)11-17(15)26/h10-11,14,22,34H,5-9,12-13H2,1-4H3,(H,29,36)/t14-,22?/m0/s1. The van der Waals surface area contributed by atoms with Gasteiger partial charge >= 0.3 is 6.03 Å². The van der Waals surface area contributed by atoms with Gasteiger partial charge in [0.2, 0.25) is 5.91 Å². The molecular formula is C25H32F3N5O3. The van der Waals surface area contributed by atoms with Gasteiger partial charge in [0.1, 0.15) is 17.6 Å². The second-order valence-electron chi connectivity index (χ2n) is 10.7. The molecule has 0 saturated carbocycles. The average molecular weight is 508 g/mol. The largest absolute Gasteiger partial charge is 0.391 e. The Balaban J connectivity index is 1.70. The number of halogens is 3. The van der Waals surface area contributed by atoms with Crippen molar-refractivity contribution in [3.05, 3.63) is 40.8 Å². The van der Waals surface area contributed by atoms with Crippen molar-refractivity contribution in [3.8, 4) is 11.3 Å². The Hall–Kier alpha value is -2.92. The van der Waals surface area contributed by atoms with E-state index in [-0.39, 0.29) is 23.7 Å². The molecule has 0 spiro atoms. The molecule has 0 aliphatic carbocycles. The van der Waals surface area contributed by atoms with Crippen LogP contribution in [0.3, 0.4) is 0 Å². The normalized spacial score (nSPS) is 19.7. The van der Waals surface area contributed by atoms with Crippen molar-refractivity contribution in [2.24, 2.45) is 5.41 Å². The summed E-state index contributed by atoms with van der Waals surface area (Å²) in [6.45, 7) is 7.11. The van der Waals surface area contributed by atoms with Crippen molar-refractivity contribution in [3.63, 3.8) is 0 Å². The topological polar surface area (TPSA) is 90.7 Å². The average Bonchev–Trinajstić information content (AvgIpc) is 3.17. The molecule has 2 N–H and O–H groups in total. The van der Waals surface area contributed by atoms with Gasteiger partial charge in [-0.3, -0.25) is 4.79 Å². The molecule has 1 unspecified atom stereocenters. The van der Waals surface area contributed by atoms with Gasteiger partial charge in [-0.25, -0.2) is 18.0 Å². The maximum absolute atomic E-state index is 14.7. The lowest BCUT2D eigenvalue weighted by Gasteiger charge is -2.37. The fourth-order valence-electron chi connectivity index (χ4n) is 4.81. The molecule has 1 aromatic heterocycles. The van der Waals surface area contributed by atoms with E-state index in [0.29, 0.717) is 56.2 Å². The summed E-state index contributed by atoms with van der Waals surface area (Å²) in [7, 11) is 1.85. The Labute approximate surface area is 208 Å². The molecule has 1 saturated heterocycles. The molecule has 3 heterocycles. The van der Waals surface area contributed by atoms with Gasteiger partial charge in [-0.2, -0.15) is 9.78 Å². The zero-order valence-corrected chi connectivity index (χ0v) is 20.9. The predicted octanol–water partition coefficient (Wildman–Crippen LogP) is 2.91. The number of likely N-dealkylation sites (tertiary alicyclic amines) is 1. The van der Waals surface area contributed by atoms with E-state index in [1.54, 1.807) is 4.90 Å². The summed E-state index contributed by atoms with van der Waals surface area (Å²) in [6, 6.07) is -0.377. The highest BCUT2D eigenvalue weighted by molar-refractivity contribution is 5.89. The van der Waals surface area contributed by atoms with E-state index in [9.17, 15) is 27.9 Å². The minimum absolute atomic E-state index is 0.0564. The molecule has 0 radical (unpaired) electrons. The summed E-state index contributed by atoms with van der Waals surface area (Å²) >= 11 is 0. The second-order valence-corrected chi connectivity index (χ2v) is 10.7. The van der Waals surface area contributed by atoms with Gasteiger partial charge in [-0.1, -0.05) is 20.8 Å². The van der Waals surface area contributed by atoms with Crippen LogP contribution >= 0.6 is 0 Å². The van der Waals surface area contributed by atoms with Crippen LogP contribution in [0, 0.1) is 22.9 Å². The van der Waals surface area contributed by atoms with Crippen LogP contribution < -0.4 is 5.32 Å². The predicted molar refractivity (Wildman–Crippen MR) is 127 cm³/mol. The highest BCUT2D eigenvalue weighted by Crippen LogP contribution is 2.32. The molecule has 11 heteroatoms. The number of aliphatic hydroxyl groups excluding tert-OH is 1. The van der Waals surface area contributed by atoms with Crippen molar-refractivity contribution in [1.82, 2.24) is 24.9 Å². The first kappa shape index (κ1) is 26.2. The van der Waals surface area contributed by atoms with Crippen LogP contribution in [0.5, 0.6) is 0 Å². The SMILES string of the molecule is CN1CCc2c(c(-c3cc(F)c(F)cc3F)nn2C(=O)NC(C(=O)N2CCC[C@H](O)C2)C(C)(C)C)C1. The van der Waals surface area contributed by atoms with Gasteiger partial charge in [-0.05, 0) is 31.4 Å². The van der Waals surface area contributed by atoms with Gasteiger partial charge in [0, 0.05) is 49.8 Å². The highest BCUT2D eigenvalue weighted by atomic mass is 19.2. The van der Waals surface area contributed by atoms with Gasteiger partial charge in [0.25, 0.3) is 0 Å². The number of hydrogen-bond donors (Lipinski definition) is 2. The number of nitrogens with one attached hydrogen (secondary N) is 1. The molecule has 0 bridgehead atoms. The van der Waals surface area contributed by atoms with E-state index in [4.69, 9.17) is 0 Å². The first-order chi connectivity index (χ1) is 16.9. The molecule has 2 aliphatic heterocycles. The fraction of sp³-hybridized carbons (Fsp3) is 0.560. The maximum atomic E-state index is 14.7. The number of nitrogens with zero attached hydrogens (tertiary/aromatic N) is 4. The lowest BCUT2D eigenvalue weighted by Crippen LogP contribution is -2.57. The smallest absolute Gasteiger partial charge is 0.343 e. The Bertz CT molecular complexity index is 1180. The van der Waals surface area contributed by atoms with E-state index in [1.807, 2.05) is 32.7 Å². The molecule has 196 valence electrons. The van der Waals surface area contributed by atoms with Crippen LogP contribution in [0.4, 0.5) is 18.0 Å². The summed E-state index contributed by atoms with van der Waals surface area (Å²) in [5, 5.41) is 17.1. The zero-order chi connectivity index (χ0) is 26.4. The number of carbonyl (C=O) groups excluding carboxylic acids is 2. The number of benzene rings is 1. The van der Waals surface area contributed by atoms with Crippen molar-refractivity contribution in [2.45, 2.75) is 58.7 Å². The van der Waals surface area contributed by atoms with Crippen LogP contribution in [0.1, 0.15) is 44.9 Å². The summed E-state index contributed by atoms with van der Waals surface area (Å²) in [5.41, 5.74) is 0.232. The lowest BCUT2D eigenvalue weighted by atomic mass is 9.85. The summed E-state index contributed by atoms with van der Waals surface area (Å²) in [6.07, 6.45) is 1.10. The third-order valence-corrected chi connectivity index (χ3v) is 6.79. The molecule has 2 aromatic rings. The Morgan fingerprint density at radius 2 is 1.83 bits per heavy atom. The monoisotopic (exact) mass is 507 g/mol. The first-order valence-electron chi connectivity index (χ1n) is 12.1. The molecule has 2 aliphatic rings. The zero-order valence-electron chi connectivity index (χ0n) is 20.9. The van der Waals surface area contributed by atoms with Crippen molar-refractivity contribution >= 4 is 11.9 Å². The van der Waals surface area contributed by atoms with E-state index < -0.39 is 41.0 Å². The van der Waals surface area contributed by atoms with Crippen molar-refractivity contribution in [2.75, 3.05) is 26.7 Å². The summed E-state index contributed by atoms with van der Waals surface area (Å²) in [4.78, 5) is 30.4. The fourth-order valence-corrected chi connectivity index (χ4v) is 4.81. The van der Waals surface area contributed by atoms with E-state index >= 15 is 0 Å². The van der Waals surface area contributed by atoms with Crippen LogP contribution in [0.2, 0.25) is 0 Å². The van der Waals surface area contributed by atoms with Crippen LogP contribution in [-0.4, -0.2) is 75.5 Å². The van der Waals surface area contributed by atoms with Crippen LogP contribution in [-0.2, 0) is 17.8 Å². The number of hydrogen-bond acceptors (Lipinski definition) is 5. The minimum atomic E-state index is -1.31. The Morgan fingerprint density at radius 3 is 2.50 bits per heavy atom. The van der Waals surface area contributed by atoms with Crippen molar-refractivity contribution in [1.29, 1.82) is 0 Å². The third kappa shape index (κ3) is 5.12. The van der Waals surface area contributed by atoms with Crippen molar-refractivity contribution < 1.29 is 27.9 Å². The number of amides is 2. The molecule has 36 heavy (non-hydrogen) atoms. The minimum Gasteiger partial charge on any atom is -0.391 e. The molecule has 1 fully saturated rings. The van der Waals surface area contributed by atoms with E-state index in [0.717, 1.165) is 10.7 Å². The molecular weight excluding hydrogens is 475 g/mol. The maximum Gasteiger partial charge on any atom is 0.343 e. The number of fused-ring (bicyclic) bond motifs is 1. The number of β-amino-alcohol motifs (C(OH)–C–C–N with tert-alkyl or cyclic N) is 1. The quantitative estimate of drug-likeness (QED) is 0.624.